The number of nitrogens with zero attached hydrogens (tertiary/aromatic N) is 2. The number of amides is 11. The van der Waals surface area contributed by atoms with Gasteiger partial charge in [0.25, 0.3) is 0 Å². The van der Waals surface area contributed by atoms with Crippen molar-refractivity contribution in [2.75, 3.05) is 26.4 Å². The highest BCUT2D eigenvalue weighted by Crippen LogP contribution is 2.20. The quantitative estimate of drug-likeness (QED) is 0.0254. The van der Waals surface area contributed by atoms with Crippen LogP contribution in [0.5, 0.6) is 11.5 Å². The van der Waals surface area contributed by atoms with E-state index in [1.54, 1.807) is 13.8 Å². The number of likely N-dealkylation sites (tertiary alicyclic amines) is 1. The summed E-state index contributed by atoms with van der Waals surface area (Å²) in [6.45, 7) is 3.66. The Morgan fingerprint density at radius 1 is 0.548 bits per heavy atom. The molecule has 2 aromatic carbocycles. The Labute approximate surface area is 533 Å². The molecule has 34 heteroatoms. The molecule has 1 aromatic heterocycles. The maximum Gasteiger partial charge on any atom is 0.326 e. The zero-order valence-electron chi connectivity index (χ0n) is 51.7. The van der Waals surface area contributed by atoms with Crippen molar-refractivity contribution in [1.82, 2.24) is 62.7 Å². The van der Waals surface area contributed by atoms with Gasteiger partial charge in [-0.25, -0.2) is 9.78 Å². The van der Waals surface area contributed by atoms with Crippen LogP contribution in [0.4, 0.5) is 0 Å². The van der Waals surface area contributed by atoms with Crippen molar-refractivity contribution in [3.8, 4) is 11.5 Å². The van der Waals surface area contributed by atoms with E-state index in [2.05, 4.69) is 57.8 Å². The molecule has 0 aliphatic carbocycles. The number of imidazole rings is 1. The van der Waals surface area contributed by atoms with E-state index in [1.807, 2.05) is 13.8 Å². The van der Waals surface area contributed by atoms with E-state index in [0.29, 0.717) is 5.56 Å². The summed E-state index contributed by atoms with van der Waals surface area (Å²) in [5.74, 6) is -15.2. The van der Waals surface area contributed by atoms with Gasteiger partial charge >= 0.3 is 11.9 Å². The van der Waals surface area contributed by atoms with Crippen molar-refractivity contribution >= 4 is 76.9 Å². The fraction of sp³-hybridized carbons (Fsp3) is 0.525. The van der Waals surface area contributed by atoms with E-state index in [0.717, 1.165) is 4.90 Å². The molecule has 1 aliphatic heterocycles. The average Bonchev–Trinajstić information content (AvgIpc) is 1.83. The second-order valence-corrected chi connectivity index (χ2v) is 23.1. The lowest BCUT2D eigenvalue weighted by atomic mass is 10.0. The molecule has 93 heavy (non-hydrogen) atoms. The van der Waals surface area contributed by atoms with Crippen molar-refractivity contribution < 1.29 is 98.1 Å². The number of carboxylic acids is 2. The van der Waals surface area contributed by atoms with E-state index in [4.69, 9.17) is 11.5 Å². The summed E-state index contributed by atoms with van der Waals surface area (Å²) in [7, 11) is 0. The molecule has 1 aliphatic rings. The van der Waals surface area contributed by atoms with Gasteiger partial charge < -0.3 is 105 Å². The van der Waals surface area contributed by atoms with Crippen LogP contribution in [-0.4, -0.2) is 220 Å². The number of aromatic amines is 1. The van der Waals surface area contributed by atoms with Crippen molar-refractivity contribution in [2.24, 2.45) is 23.3 Å². The molecule has 21 N–H and O–H groups in total. The minimum absolute atomic E-state index is 0.00695. The molecule has 0 spiro atoms. The third kappa shape index (κ3) is 24.7. The summed E-state index contributed by atoms with van der Waals surface area (Å²) in [6, 6.07) is -6.90. The Morgan fingerprint density at radius 2 is 0.968 bits per heavy atom. The van der Waals surface area contributed by atoms with Crippen LogP contribution in [0.3, 0.4) is 0 Å². The fourth-order valence-electron chi connectivity index (χ4n) is 9.76. The number of H-pyrrole nitrogens is 1. The topological polar surface area (TPSA) is 556 Å². The molecular formula is C59H84N14O20. The van der Waals surface area contributed by atoms with Crippen LogP contribution < -0.4 is 59.3 Å². The highest BCUT2D eigenvalue weighted by Gasteiger charge is 2.41. The summed E-state index contributed by atoms with van der Waals surface area (Å²) in [6.07, 6.45) is -0.442. The number of phenolic OH excluding ortho intramolecular Hbond substituents is 2. The molecule has 510 valence electrons. The van der Waals surface area contributed by atoms with Crippen LogP contribution in [0.2, 0.25) is 0 Å². The number of hydrogen-bond acceptors (Lipinski definition) is 20. The molecule has 0 radical (unpaired) electrons. The SMILES string of the molecule is CC(C)C[C@H](NC(=O)[C@H](CC(N)=O)NC(=O)[C@H](CCC(=O)O)NC(=O)[C@H](Cc1ccc(O)cc1)NC(=O)[C@H](Cc1cnc[nH]1)NC(=O)[C@H](CO)NC(=O)[C@@H]1CCCN1C(=O)[C@H](CO)NC(=O)[C@H](CO)NC(=O)[C@H](Cc1ccc(O)cc1)NC(=O)[C@@H](N)CC(C)C)C(=O)O. The van der Waals surface area contributed by atoms with E-state index < -0.39 is 195 Å². The van der Waals surface area contributed by atoms with Gasteiger partial charge in [0.1, 0.15) is 71.9 Å². The predicted octanol–water partition coefficient (Wildman–Crippen LogP) is -5.58. The van der Waals surface area contributed by atoms with Gasteiger partial charge in [-0.05, 0) is 79.3 Å². The van der Waals surface area contributed by atoms with Crippen LogP contribution in [0, 0.1) is 11.8 Å². The Kier molecular flexibility index (Phi) is 30.0. The average molecular weight is 1310 g/mol. The number of aliphatic carboxylic acids is 2. The number of primary amides is 1. The number of aromatic nitrogens is 2. The first-order chi connectivity index (χ1) is 43.9. The van der Waals surface area contributed by atoms with Crippen LogP contribution in [0.15, 0.2) is 61.1 Å². The fourth-order valence-corrected chi connectivity index (χ4v) is 9.76. The maximum absolute atomic E-state index is 14.5. The first-order valence-electron chi connectivity index (χ1n) is 29.8. The molecule has 1 fully saturated rings. The van der Waals surface area contributed by atoms with Gasteiger partial charge in [-0.3, -0.25) is 57.5 Å². The smallest absolute Gasteiger partial charge is 0.326 e. The number of carbonyl (C=O) groups excluding carboxylic acids is 11. The number of rotatable bonds is 38. The zero-order valence-corrected chi connectivity index (χ0v) is 51.7. The lowest BCUT2D eigenvalue weighted by molar-refractivity contribution is -0.143. The third-order valence-electron chi connectivity index (χ3n) is 14.6. The first kappa shape index (κ1) is 75.7. The maximum atomic E-state index is 14.5. The molecule has 0 unspecified atom stereocenters. The lowest BCUT2D eigenvalue weighted by Gasteiger charge is -2.30. The second-order valence-electron chi connectivity index (χ2n) is 23.1. The number of benzene rings is 2. The molecule has 0 bridgehead atoms. The zero-order chi connectivity index (χ0) is 69.2. The largest absolute Gasteiger partial charge is 0.508 e. The van der Waals surface area contributed by atoms with Gasteiger partial charge in [-0.15, -0.1) is 0 Å². The first-order valence-corrected chi connectivity index (χ1v) is 29.8. The number of aliphatic hydroxyl groups excluding tert-OH is 3. The molecule has 2 heterocycles. The predicted molar refractivity (Wildman–Crippen MR) is 324 cm³/mol. The molecular weight excluding hydrogens is 1220 g/mol. The number of hydrogen-bond donors (Lipinski definition) is 19. The number of carboxylic acid groups (broad SMARTS) is 2. The third-order valence-corrected chi connectivity index (χ3v) is 14.6. The molecule has 0 saturated carbocycles. The van der Waals surface area contributed by atoms with E-state index in [-0.39, 0.29) is 73.2 Å². The summed E-state index contributed by atoms with van der Waals surface area (Å²) in [4.78, 5) is 182. The number of aliphatic hydroxyl groups is 3. The summed E-state index contributed by atoms with van der Waals surface area (Å²) >= 11 is 0. The number of carbonyl (C=O) groups is 13. The monoisotopic (exact) mass is 1310 g/mol. The van der Waals surface area contributed by atoms with Crippen LogP contribution >= 0.6 is 0 Å². The molecule has 4 rings (SSSR count). The number of nitrogens with two attached hydrogens (primary N) is 2. The number of nitrogens with one attached hydrogen (secondary N) is 10. The van der Waals surface area contributed by atoms with Gasteiger partial charge in [0.15, 0.2) is 0 Å². The Hall–Kier alpha value is -9.80. The Bertz CT molecular complexity index is 3080. The van der Waals surface area contributed by atoms with Crippen molar-refractivity contribution in [2.45, 2.75) is 158 Å². The summed E-state index contributed by atoms with van der Waals surface area (Å²) in [5, 5.41) is 91.5. The minimum Gasteiger partial charge on any atom is -0.508 e. The van der Waals surface area contributed by atoms with Crippen molar-refractivity contribution in [3.63, 3.8) is 0 Å². The molecule has 34 nitrogen and oxygen atoms in total. The highest BCUT2D eigenvalue weighted by atomic mass is 16.4. The number of aromatic hydroxyl groups is 2. The van der Waals surface area contributed by atoms with Crippen LogP contribution in [0.1, 0.15) is 89.5 Å². The number of phenols is 2. The van der Waals surface area contributed by atoms with E-state index in [1.165, 1.54) is 61.1 Å². The van der Waals surface area contributed by atoms with Crippen molar-refractivity contribution in [3.05, 3.63) is 77.9 Å². The Morgan fingerprint density at radius 3 is 1.43 bits per heavy atom. The van der Waals surface area contributed by atoms with Gasteiger partial charge in [0.05, 0.1) is 38.6 Å². The summed E-state index contributed by atoms with van der Waals surface area (Å²) in [5.41, 5.74) is 12.4. The van der Waals surface area contributed by atoms with E-state index in [9.17, 15) is 98.1 Å². The molecule has 11 atom stereocenters. The molecule has 1 saturated heterocycles. The molecule has 3 aromatic rings. The van der Waals surface area contributed by atoms with Crippen molar-refractivity contribution in [1.29, 1.82) is 0 Å². The normalized spacial score (nSPS) is 16.1. The second kappa shape index (κ2) is 36.9. The summed E-state index contributed by atoms with van der Waals surface area (Å²) < 4.78 is 0. The van der Waals surface area contributed by atoms with Gasteiger partial charge in [-0.2, -0.15) is 0 Å². The van der Waals surface area contributed by atoms with Gasteiger partial charge in [0.2, 0.25) is 65.0 Å². The minimum atomic E-state index is -1.86. The van der Waals surface area contributed by atoms with Gasteiger partial charge in [0, 0.05) is 44.1 Å². The Balaban J connectivity index is 1.54. The van der Waals surface area contributed by atoms with Gasteiger partial charge in [-0.1, -0.05) is 52.0 Å². The lowest BCUT2D eigenvalue weighted by Crippen LogP contribution is -2.62. The van der Waals surface area contributed by atoms with E-state index >= 15 is 0 Å². The molecule has 11 amide bonds. The van der Waals surface area contributed by atoms with Crippen LogP contribution in [0.25, 0.3) is 0 Å². The highest BCUT2D eigenvalue weighted by molar-refractivity contribution is 6.00. The standard InChI is InChI=1S/C59H84N14O20/c1-29(2)18-36(60)49(82)65-38(20-31-7-11-34(77)12-8-31)52(85)70-43(25-74)56(89)72-45(27-76)58(91)73-17-5-6-46(73)57(90)71-44(26-75)55(88)67-40(22-33-24-62-28-63-33)53(86)66-39(21-32-9-13-35(78)14-10-32)51(84)64-37(15-16-48(80)81)50(83)68-41(23-47(61)79)54(87)69-42(59(92)93)19-30(3)4/h7-14,24,28-30,36-46,74-78H,5-6,15-23,25-27,60H2,1-4H3,(H2,61,79)(H,62,63)(H,64,84)(H,65,82)(H,66,86)(H,67,88)(H,68,83)(H,69,87)(H,70,85)(H,71,90)(H,72,89)(H,80,81)(H,92,93)/t36-,37-,38-,39-,40-,41-,42-,43-,44-,45-,46-/m0/s1. The van der Waals surface area contributed by atoms with Crippen LogP contribution in [-0.2, 0) is 81.6 Å².